The SMILES string of the molecule is [C-]#[N+]C1(Nc2ccc(CN3CCN(C)CC3)cc2)CCC1. The highest BCUT2D eigenvalue weighted by molar-refractivity contribution is 5.48. The molecular weight excluding hydrogens is 260 g/mol. The quantitative estimate of drug-likeness (QED) is 0.860. The third-order valence-electron chi connectivity index (χ3n) is 4.73. The van der Waals surface area contributed by atoms with E-state index in [0.29, 0.717) is 0 Å². The summed E-state index contributed by atoms with van der Waals surface area (Å²) >= 11 is 0. The molecule has 112 valence electrons. The average molecular weight is 284 g/mol. The molecule has 1 saturated heterocycles. The summed E-state index contributed by atoms with van der Waals surface area (Å²) in [5.41, 5.74) is 2.11. The molecule has 3 rings (SSSR count). The minimum absolute atomic E-state index is 0.320. The number of piperazine rings is 1. The number of benzene rings is 1. The smallest absolute Gasteiger partial charge is 0.305 e. The molecule has 1 aromatic carbocycles. The van der Waals surface area contributed by atoms with Gasteiger partial charge in [-0.15, -0.1) is 0 Å². The van der Waals surface area contributed by atoms with Crippen LogP contribution < -0.4 is 5.32 Å². The highest BCUT2D eigenvalue weighted by atomic mass is 15.2. The molecule has 1 aromatic rings. The predicted molar refractivity (Wildman–Crippen MR) is 86.0 cm³/mol. The monoisotopic (exact) mass is 284 g/mol. The van der Waals surface area contributed by atoms with Crippen molar-refractivity contribution in [1.29, 1.82) is 0 Å². The molecule has 0 aromatic heterocycles. The zero-order valence-corrected chi connectivity index (χ0v) is 12.8. The molecule has 21 heavy (non-hydrogen) atoms. The summed E-state index contributed by atoms with van der Waals surface area (Å²) in [5, 5.41) is 3.40. The summed E-state index contributed by atoms with van der Waals surface area (Å²) < 4.78 is 0. The molecule has 4 heteroatoms. The van der Waals surface area contributed by atoms with Gasteiger partial charge in [0, 0.05) is 51.3 Å². The Morgan fingerprint density at radius 3 is 2.33 bits per heavy atom. The molecule has 0 bridgehead atoms. The van der Waals surface area contributed by atoms with E-state index in [9.17, 15) is 0 Å². The number of likely N-dealkylation sites (N-methyl/N-ethyl adjacent to an activating group) is 1. The molecule has 0 spiro atoms. The highest BCUT2D eigenvalue weighted by Gasteiger charge is 2.43. The lowest BCUT2D eigenvalue weighted by atomic mass is 9.85. The first-order valence-corrected chi connectivity index (χ1v) is 7.86. The van der Waals surface area contributed by atoms with Crippen LogP contribution in [0.1, 0.15) is 24.8 Å². The summed E-state index contributed by atoms with van der Waals surface area (Å²) in [7, 11) is 2.19. The van der Waals surface area contributed by atoms with Gasteiger partial charge in [-0.25, -0.2) is 6.57 Å². The number of anilines is 1. The first-order valence-electron chi connectivity index (χ1n) is 7.86. The Bertz CT molecular complexity index is 505. The maximum atomic E-state index is 7.34. The van der Waals surface area contributed by atoms with E-state index in [0.717, 1.165) is 57.7 Å². The summed E-state index contributed by atoms with van der Waals surface area (Å²) in [6, 6.07) is 8.63. The minimum Gasteiger partial charge on any atom is -0.314 e. The Kier molecular flexibility index (Phi) is 4.14. The molecule has 0 amide bonds. The van der Waals surface area contributed by atoms with E-state index in [2.05, 4.69) is 51.3 Å². The van der Waals surface area contributed by atoms with E-state index in [1.165, 1.54) is 5.56 Å². The van der Waals surface area contributed by atoms with Gasteiger partial charge in [-0.3, -0.25) is 9.74 Å². The van der Waals surface area contributed by atoms with Crippen LogP contribution >= 0.6 is 0 Å². The lowest BCUT2D eigenvalue weighted by Gasteiger charge is -2.32. The Labute approximate surface area is 127 Å². The fraction of sp³-hybridized carbons (Fsp3) is 0.588. The van der Waals surface area contributed by atoms with Crippen LogP contribution in [-0.2, 0) is 6.54 Å². The fourth-order valence-electron chi connectivity index (χ4n) is 3.00. The zero-order valence-electron chi connectivity index (χ0n) is 12.8. The number of hydrogen-bond donors (Lipinski definition) is 1. The fourth-order valence-corrected chi connectivity index (χ4v) is 3.00. The first-order chi connectivity index (χ1) is 10.2. The number of nitrogens with one attached hydrogen (secondary N) is 1. The molecule has 1 aliphatic heterocycles. The third-order valence-corrected chi connectivity index (χ3v) is 4.73. The van der Waals surface area contributed by atoms with Crippen molar-refractivity contribution in [2.75, 3.05) is 38.5 Å². The molecule has 1 aliphatic carbocycles. The molecule has 0 atom stereocenters. The molecule has 1 saturated carbocycles. The molecule has 0 unspecified atom stereocenters. The van der Waals surface area contributed by atoms with Crippen LogP contribution in [0.2, 0.25) is 0 Å². The second-order valence-corrected chi connectivity index (χ2v) is 6.40. The zero-order chi connectivity index (χ0) is 14.7. The standard InChI is InChI=1S/C17H24N4/c1-18-17(8-3-9-17)19-16-6-4-15(5-7-16)14-21-12-10-20(2)11-13-21/h4-7,19H,3,8-14H2,2H3. The summed E-state index contributed by atoms with van der Waals surface area (Å²) in [6.07, 6.45) is 3.11. The topological polar surface area (TPSA) is 22.9 Å². The van der Waals surface area contributed by atoms with Gasteiger partial charge in [0.15, 0.2) is 0 Å². The van der Waals surface area contributed by atoms with Crippen LogP contribution in [0, 0.1) is 6.57 Å². The van der Waals surface area contributed by atoms with E-state index in [-0.39, 0.29) is 5.66 Å². The van der Waals surface area contributed by atoms with Gasteiger partial charge in [0.1, 0.15) is 0 Å². The first kappa shape index (κ1) is 14.4. The van der Waals surface area contributed by atoms with E-state index in [1.807, 2.05) is 0 Å². The van der Waals surface area contributed by atoms with E-state index in [1.54, 1.807) is 0 Å². The normalized spacial score (nSPS) is 22.3. The number of rotatable bonds is 4. The van der Waals surface area contributed by atoms with Crippen LogP contribution in [-0.4, -0.2) is 48.7 Å². The predicted octanol–water partition coefficient (Wildman–Crippen LogP) is 2.65. The van der Waals surface area contributed by atoms with E-state index >= 15 is 0 Å². The van der Waals surface area contributed by atoms with Gasteiger partial charge in [0.2, 0.25) is 0 Å². The van der Waals surface area contributed by atoms with Gasteiger partial charge < -0.3 is 10.2 Å². The van der Waals surface area contributed by atoms with Crippen molar-refractivity contribution in [2.24, 2.45) is 0 Å². The summed E-state index contributed by atoms with van der Waals surface area (Å²) in [5.74, 6) is 0. The highest BCUT2D eigenvalue weighted by Crippen LogP contribution is 2.36. The van der Waals surface area contributed by atoms with Gasteiger partial charge in [0.05, 0.1) is 0 Å². The van der Waals surface area contributed by atoms with E-state index in [4.69, 9.17) is 6.57 Å². The lowest BCUT2D eigenvalue weighted by Crippen LogP contribution is -2.43. The average Bonchev–Trinajstić information content (AvgIpc) is 2.47. The van der Waals surface area contributed by atoms with Gasteiger partial charge in [-0.1, -0.05) is 12.1 Å². The van der Waals surface area contributed by atoms with Crippen molar-refractivity contribution in [3.63, 3.8) is 0 Å². The Morgan fingerprint density at radius 2 is 1.81 bits per heavy atom. The van der Waals surface area contributed by atoms with Gasteiger partial charge >= 0.3 is 5.66 Å². The molecule has 4 nitrogen and oxygen atoms in total. The molecule has 0 radical (unpaired) electrons. The van der Waals surface area contributed by atoms with Gasteiger partial charge in [-0.2, -0.15) is 0 Å². The Morgan fingerprint density at radius 1 is 1.14 bits per heavy atom. The van der Waals surface area contributed by atoms with Crippen molar-refractivity contribution in [2.45, 2.75) is 31.5 Å². The second-order valence-electron chi connectivity index (χ2n) is 6.40. The molecular formula is C17H24N4. The van der Waals surface area contributed by atoms with Crippen molar-refractivity contribution in [3.8, 4) is 0 Å². The molecule has 2 fully saturated rings. The maximum Gasteiger partial charge on any atom is 0.305 e. The van der Waals surface area contributed by atoms with Crippen LogP contribution in [0.3, 0.4) is 0 Å². The van der Waals surface area contributed by atoms with Crippen LogP contribution in [0.5, 0.6) is 0 Å². The second kappa shape index (κ2) is 6.05. The molecule has 2 aliphatic rings. The van der Waals surface area contributed by atoms with E-state index < -0.39 is 0 Å². The summed E-state index contributed by atoms with van der Waals surface area (Å²) in [6.45, 7) is 13.0. The summed E-state index contributed by atoms with van der Waals surface area (Å²) in [4.78, 5) is 8.66. The Hall–Kier alpha value is -1.57. The van der Waals surface area contributed by atoms with Crippen molar-refractivity contribution in [3.05, 3.63) is 41.2 Å². The molecule has 1 N–H and O–H groups in total. The maximum absolute atomic E-state index is 7.34. The number of hydrogen-bond acceptors (Lipinski definition) is 3. The molecule has 1 heterocycles. The van der Waals surface area contributed by atoms with Crippen molar-refractivity contribution < 1.29 is 0 Å². The van der Waals surface area contributed by atoms with Crippen molar-refractivity contribution in [1.82, 2.24) is 9.80 Å². The minimum atomic E-state index is -0.320. The van der Waals surface area contributed by atoms with Gasteiger partial charge in [0.25, 0.3) is 0 Å². The number of nitrogens with zero attached hydrogens (tertiary/aromatic N) is 3. The van der Waals surface area contributed by atoms with Gasteiger partial charge in [-0.05, 0) is 31.2 Å². The Balaban J connectivity index is 1.56. The van der Waals surface area contributed by atoms with Crippen molar-refractivity contribution >= 4 is 5.69 Å². The largest absolute Gasteiger partial charge is 0.314 e. The van der Waals surface area contributed by atoms with Crippen LogP contribution in [0.15, 0.2) is 24.3 Å². The van der Waals surface area contributed by atoms with Crippen LogP contribution in [0.25, 0.3) is 4.85 Å². The van der Waals surface area contributed by atoms with Crippen LogP contribution in [0.4, 0.5) is 5.69 Å². The lowest BCUT2D eigenvalue weighted by molar-refractivity contribution is 0.148. The third kappa shape index (κ3) is 3.37.